The van der Waals surface area contributed by atoms with Gasteiger partial charge in [-0.2, -0.15) is 0 Å². The van der Waals surface area contributed by atoms with Crippen molar-refractivity contribution in [3.63, 3.8) is 0 Å². The highest BCUT2D eigenvalue weighted by Crippen LogP contribution is 2.35. The lowest BCUT2D eigenvalue weighted by atomic mass is 9.84. The minimum atomic E-state index is -0.422. The monoisotopic (exact) mass is 256 g/mol. The molecule has 0 bridgehead atoms. The Labute approximate surface area is 111 Å². The Hall–Kier alpha value is -0.570. The van der Waals surface area contributed by atoms with E-state index in [1.165, 1.54) is 0 Å². The van der Waals surface area contributed by atoms with Gasteiger partial charge in [-0.3, -0.25) is 4.79 Å². The average molecular weight is 256 g/mol. The van der Waals surface area contributed by atoms with Crippen LogP contribution in [0.5, 0.6) is 0 Å². The minimum absolute atomic E-state index is 0.0534. The van der Waals surface area contributed by atoms with Crippen molar-refractivity contribution in [1.29, 1.82) is 0 Å². The number of esters is 1. The smallest absolute Gasteiger partial charge is 0.314 e. The zero-order chi connectivity index (χ0) is 13.9. The molecule has 106 valence electrons. The lowest BCUT2D eigenvalue weighted by Gasteiger charge is -2.41. The number of cyclic esters (lactones) is 1. The molecule has 1 aliphatic rings. The van der Waals surface area contributed by atoms with Crippen LogP contribution in [0.15, 0.2) is 0 Å². The van der Waals surface area contributed by atoms with E-state index in [2.05, 4.69) is 13.8 Å². The lowest BCUT2D eigenvalue weighted by molar-refractivity contribution is -0.258. The van der Waals surface area contributed by atoms with Crippen LogP contribution in [0.2, 0.25) is 0 Å². The first-order chi connectivity index (χ1) is 8.27. The first-order valence-electron chi connectivity index (χ1n) is 7.13. The molecule has 3 nitrogen and oxygen atoms in total. The molecule has 0 amide bonds. The summed E-state index contributed by atoms with van der Waals surface area (Å²) < 4.78 is 11.4. The quantitative estimate of drug-likeness (QED) is 0.718. The Bertz CT molecular complexity index is 280. The molecule has 1 saturated heterocycles. The molecule has 0 unspecified atom stereocenters. The van der Waals surface area contributed by atoms with E-state index in [9.17, 15) is 4.79 Å². The molecule has 0 spiro atoms. The highest BCUT2D eigenvalue weighted by Gasteiger charge is 2.43. The predicted molar refractivity (Wildman–Crippen MR) is 72.1 cm³/mol. The third kappa shape index (κ3) is 3.71. The van der Waals surface area contributed by atoms with Gasteiger partial charge >= 0.3 is 5.97 Å². The van der Waals surface area contributed by atoms with Crippen LogP contribution in [0, 0.1) is 17.3 Å². The van der Waals surface area contributed by atoms with Gasteiger partial charge in [0.2, 0.25) is 6.29 Å². The fourth-order valence-electron chi connectivity index (χ4n) is 2.46. The van der Waals surface area contributed by atoms with Gasteiger partial charge in [0.25, 0.3) is 0 Å². The Morgan fingerprint density at radius 1 is 1.33 bits per heavy atom. The maximum Gasteiger partial charge on any atom is 0.314 e. The maximum atomic E-state index is 12.2. The molecule has 0 N–H and O–H groups in total. The summed E-state index contributed by atoms with van der Waals surface area (Å²) in [6, 6.07) is 0. The van der Waals surface area contributed by atoms with Crippen LogP contribution in [-0.4, -0.2) is 18.4 Å². The summed E-state index contributed by atoms with van der Waals surface area (Å²) in [5, 5.41) is 0. The van der Waals surface area contributed by atoms with Crippen molar-refractivity contribution in [2.75, 3.05) is 0 Å². The Balaban J connectivity index is 2.66. The summed E-state index contributed by atoms with van der Waals surface area (Å²) in [7, 11) is 0. The summed E-state index contributed by atoms with van der Waals surface area (Å²) >= 11 is 0. The summed E-state index contributed by atoms with van der Waals surface area (Å²) in [6.07, 6.45) is 2.90. The normalized spacial score (nSPS) is 31.0. The third-order valence-corrected chi connectivity index (χ3v) is 3.67. The predicted octanol–water partition coefficient (Wildman–Crippen LogP) is 3.76. The van der Waals surface area contributed by atoms with Crippen LogP contribution in [0.4, 0.5) is 0 Å². The largest absolute Gasteiger partial charge is 0.435 e. The number of unbranched alkanes of at least 4 members (excludes halogenated alkanes) is 1. The summed E-state index contributed by atoms with van der Waals surface area (Å²) in [4.78, 5) is 12.2. The number of hydrogen-bond donors (Lipinski definition) is 0. The van der Waals surface area contributed by atoms with Gasteiger partial charge in [0.1, 0.15) is 0 Å². The first-order valence-corrected chi connectivity index (χ1v) is 7.13. The number of ether oxygens (including phenoxy) is 2. The van der Waals surface area contributed by atoms with E-state index >= 15 is 0 Å². The molecule has 0 aromatic rings. The van der Waals surface area contributed by atoms with Gasteiger partial charge in [0.15, 0.2) is 0 Å². The molecule has 0 radical (unpaired) electrons. The third-order valence-electron chi connectivity index (χ3n) is 3.67. The Kier molecular flexibility index (Phi) is 5.20. The minimum Gasteiger partial charge on any atom is -0.435 e. The molecule has 0 aliphatic carbocycles. The van der Waals surface area contributed by atoms with Gasteiger partial charge in [0.05, 0.1) is 12.0 Å². The second-order valence-electron chi connectivity index (χ2n) is 6.62. The summed E-state index contributed by atoms with van der Waals surface area (Å²) in [5.41, 5.74) is -0.165. The van der Waals surface area contributed by atoms with Crippen molar-refractivity contribution < 1.29 is 14.3 Å². The van der Waals surface area contributed by atoms with Crippen LogP contribution in [0.1, 0.15) is 60.8 Å². The van der Waals surface area contributed by atoms with Crippen molar-refractivity contribution in [2.45, 2.75) is 73.2 Å². The van der Waals surface area contributed by atoms with Crippen LogP contribution >= 0.6 is 0 Å². The second kappa shape index (κ2) is 6.05. The molecular formula is C15H28O3. The molecule has 1 aliphatic heterocycles. The highest BCUT2D eigenvalue weighted by atomic mass is 16.7. The fourth-order valence-corrected chi connectivity index (χ4v) is 2.46. The van der Waals surface area contributed by atoms with E-state index in [-0.39, 0.29) is 23.4 Å². The highest BCUT2D eigenvalue weighted by molar-refractivity contribution is 5.74. The number of carbonyl (C=O) groups is 1. The molecule has 0 saturated carbocycles. The van der Waals surface area contributed by atoms with Gasteiger partial charge in [-0.25, -0.2) is 0 Å². The van der Waals surface area contributed by atoms with E-state index in [0.717, 1.165) is 19.3 Å². The van der Waals surface area contributed by atoms with Gasteiger partial charge < -0.3 is 9.47 Å². The number of rotatable bonds is 4. The zero-order valence-electron chi connectivity index (χ0n) is 12.7. The average Bonchev–Trinajstić information content (AvgIpc) is 2.24. The molecule has 1 rings (SSSR count). The van der Waals surface area contributed by atoms with Crippen molar-refractivity contribution in [3.8, 4) is 0 Å². The standard InChI is InChI=1S/C15H28O3/c1-7-8-9-10(2)12-11(3)17-14(15(4,5)6)18-13(12)16/h10-12,14H,7-9H2,1-6H3/t10-,11+,12+,14+/m0/s1. The summed E-state index contributed by atoms with van der Waals surface area (Å²) in [6.45, 7) is 12.4. The van der Waals surface area contributed by atoms with Crippen molar-refractivity contribution in [2.24, 2.45) is 17.3 Å². The van der Waals surface area contributed by atoms with Crippen molar-refractivity contribution >= 4 is 5.97 Å². The first kappa shape index (κ1) is 15.5. The Morgan fingerprint density at radius 3 is 2.39 bits per heavy atom. The van der Waals surface area contributed by atoms with Crippen molar-refractivity contribution in [3.05, 3.63) is 0 Å². The molecule has 18 heavy (non-hydrogen) atoms. The molecule has 1 fully saturated rings. The SMILES string of the molecule is CCCC[C@H](C)[C@H]1C(=O)O[C@H](C(C)(C)C)O[C@@H]1C. The zero-order valence-corrected chi connectivity index (χ0v) is 12.7. The van der Waals surface area contributed by atoms with Crippen LogP contribution in [0.3, 0.4) is 0 Å². The van der Waals surface area contributed by atoms with E-state index in [1.54, 1.807) is 0 Å². The van der Waals surface area contributed by atoms with E-state index in [0.29, 0.717) is 5.92 Å². The van der Waals surface area contributed by atoms with Gasteiger partial charge in [0, 0.05) is 5.41 Å². The Morgan fingerprint density at radius 2 is 1.94 bits per heavy atom. The van der Waals surface area contributed by atoms with Crippen LogP contribution in [0.25, 0.3) is 0 Å². The second-order valence-corrected chi connectivity index (χ2v) is 6.62. The van der Waals surface area contributed by atoms with E-state index in [4.69, 9.17) is 9.47 Å². The topological polar surface area (TPSA) is 35.5 Å². The van der Waals surface area contributed by atoms with Gasteiger partial charge in [-0.15, -0.1) is 0 Å². The van der Waals surface area contributed by atoms with Crippen LogP contribution in [-0.2, 0) is 14.3 Å². The van der Waals surface area contributed by atoms with Gasteiger partial charge in [-0.05, 0) is 19.3 Å². The van der Waals surface area contributed by atoms with E-state index in [1.807, 2.05) is 27.7 Å². The number of carbonyl (C=O) groups excluding carboxylic acids is 1. The number of hydrogen-bond acceptors (Lipinski definition) is 3. The molecule has 0 aromatic heterocycles. The molecule has 1 heterocycles. The fraction of sp³-hybridized carbons (Fsp3) is 0.933. The van der Waals surface area contributed by atoms with Crippen LogP contribution < -0.4 is 0 Å². The van der Waals surface area contributed by atoms with Gasteiger partial charge in [-0.1, -0.05) is 47.5 Å². The lowest BCUT2D eigenvalue weighted by Crippen LogP contribution is -2.49. The molecular weight excluding hydrogens is 228 g/mol. The van der Waals surface area contributed by atoms with E-state index < -0.39 is 6.29 Å². The summed E-state index contributed by atoms with van der Waals surface area (Å²) in [5.74, 6) is 0.126. The molecule has 0 aromatic carbocycles. The molecule has 3 heteroatoms. The molecule has 4 atom stereocenters. The van der Waals surface area contributed by atoms with Crippen molar-refractivity contribution in [1.82, 2.24) is 0 Å². The maximum absolute atomic E-state index is 12.2.